The molecule has 2 heterocycles. The number of Topliss-reactive ketones (excluding diaryl/α,β-unsaturated/α-hetero) is 1. The molecule has 1 aliphatic heterocycles. The van der Waals surface area contributed by atoms with Crippen molar-refractivity contribution in [2.45, 2.75) is 26.1 Å². The summed E-state index contributed by atoms with van der Waals surface area (Å²) >= 11 is 0. The Labute approximate surface area is 220 Å². The molecule has 38 heavy (non-hydrogen) atoms. The molecule has 3 aromatic carbocycles. The van der Waals surface area contributed by atoms with E-state index in [9.17, 15) is 19.8 Å². The number of amides is 1. The van der Waals surface area contributed by atoms with Gasteiger partial charge in [-0.15, -0.1) is 0 Å². The number of aromatic nitrogens is 1. The molecule has 0 bridgehead atoms. The molecule has 7 heteroatoms. The fourth-order valence-corrected chi connectivity index (χ4v) is 4.62. The standard InChI is InChI=1S/C31H26N2O5/c1-20-16-24(10-11-26(20)38-19-22-6-3-2-4-7-22)29(35)27-28(23-8-5-9-25(34)17-23)33(31(37)30(27)36)18-21-12-14-32-15-13-21/h2-17,28,34-35H,18-19H2,1H3/b29-27-. The molecule has 4 aromatic rings. The predicted octanol–water partition coefficient (Wildman–Crippen LogP) is 5.30. The van der Waals surface area contributed by atoms with Gasteiger partial charge in [0.05, 0.1) is 11.6 Å². The van der Waals surface area contributed by atoms with Crippen LogP contribution >= 0.6 is 0 Å². The number of likely N-dealkylation sites (tertiary alicyclic amines) is 1. The Morgan fingerprint density at radius 2 is 1.68 bits per heavy atom. The number of rotatable bonds is 7. The highest BCUT2D eigenvalue weighted by Crippen LogP contribution is 2.41. The number of aliphatic hydroxyl groups is 1. The summed E-state index contributed by atoms with van der Waals surface area (Å²) in [5.74, 6) is -1.16. The van der Waals surface area contributed by atoms with Gasteiger partial charge in [-0.05, 0) is 71.6 Å². The molecule has 190 valence electrons. The van der Waals surface area contributed by atoms with Crippen LogP contribution in [0.25, 0.3) is 5.76 Å². The number of benzene rings is 3. The number of phenols is 1. The predicted molar refractivity (Wildman–Crippen MR) is 142 cm³/mol. The van der Waals surface area contributed by atoms with Gasteiger partial charge in [0.1, 0.15) is 23.9 Å². The second kappa shape index (κ2) is 10.6. The van der Waals surface area contributed by atoms with E-state index in [1.165, 1.54) is 17.0 Å². The fourth-order valence-electron chi connectivity index (χ4n) is 4.62. The van der Waals surface area contributed by atoms with Crippen molar-refractivity contribution in [3.63, 3.8) is 0 Å². The second-order valence-electron chi connectivity index (χ2n) is 9.13. The number of aliphatic hydroxyl groups excluding tert-OH is 1. The molecule has 1 atom stereocenters. The van der Waals surface area contributed by atoms with Crippen molar-refractivity contribution in [3.05, 3.63) is 131 Å². The number of ketones is 1. The Balaban J connectivity index is 1.52. The summed E-state index contributed by atoms with van der Waals surface area (Å²) in [5, 5.41) is 21.5. The van der Waals surface area contributed by atoms with Crippen LogP contribution in [0, 0.1) is 6.92 Å². The van der Waals surface area contributed by atoms with Gasteiger partial charge in [-0.25, -0.2) is 0 Å². The molecule has 1 aromatic heterocycles. The van der Waals surface area contributed by atoms with E-state index in [2.05, 4.69) is 4.98 Å². The Morgan fingerprint density at radius 1 is 0.921 bits per heavy atom. The van der Waals surface area contributed by atoms with E-state index in [1.54, 1.807) is 54.9 Å². The molecule has 2 N–H and O–H groups in total. The van der Waals surface area contributed by atoms with E-state index in [1.807, 2.05) is 37.3 Å². The normalized spacial score (nSPS) is 16.6. The van der Waals surface area contributed by atoms with E-state index >= 15 is 0 Å². The van der Waals surface area contributed by atoms with Gasteiger partial charge in [0, 0.05) is 24.5 Å². The van der Waals surface area contributed by atoms with Crippen molar-refractivity contribution in [2.24, 2.45) is 0 Å². The smallest absolute Gasteiger partial charge is 0.295 e. The lowest BCUT2D eigenvalue weighted by Crippen LogP contribution is -2.29. The average molecular weight is 507 g/mol. The number of ether oxygens (including phenoxy) is 1. The van der Waals surface area contributed by atoms with E-state index < -0.39 is 17.7 Å². The van der Waals surface area contributed by atoms with Crippen molar-refractivity contribution < 1.29 is 24.5 Å². The summed E-state index contributed by atoms with van der Waals surface area (Å²) in [4.78, 5) is 31.9. The van der Waals surface area contributed by atoms with Gasteiger partial charge < -0.3 is 19.8 Å². The minimum atomic E-state index is -0.885. The summed E-state index contributed by atoms with van der Waals surface area (Å²) in [5.41, 5.74) is 3.44. The van der Waals surface area contributed by atoms with Gasteiger partial charge >= 0.3 is 0 Å². The van der Waals surface area contributed by atoms with Crippen molar-refractivity contribution in [1.29, 1.82) is 0 Å². The first-order valence-corrected chi connectivity index (χ1v) is 12.2. The zero-order chi connectivity index (χ0) is 26.6. The SMILES string of the molecule is Cc1cc(/C(O)=C2/C(=O)C(=O)N(Cc3ccncc3)C2c2cccc(O)c2)ccc1OCc1ccccc1. The van der Waals surface area contributed by atoms with Crippen molar-refractivity contribution in [2.75, 3.05) is 0 Å². The summed E-state index contributed by atoms with van der Waals surface area (Å²) in [7, 11) is 0. The number of carbonyl (C=O) groups is 2. The number of carbonyl (C=O) groups excluding carboxylic acids is 2. The molecule has 5 rings (SSSR count). The lowest BCUT2D eigenvalue weighted by Gasteiger charge is -2.25. The van der Waals surface area contributed by atoms with E-state index in [0.717, 1.165) is 16.7 Å². The minimum Gasteiger partial charge on any atom is -0.508 e. The molecule has 1 saturated heterocycles. The highest BCUT2D eigenvalue weighted by Gasteiger charge is 2.46. The summed E-state index contributed by atoms with van der Waals surface area (Å²) in [6.07, 6.45) is 3.22. The van der Waals surface area contributed by atoms with Crippen molar-refractivity contribution in [3.8, 4) is 11.5 Å². The quantitative estimate of drug-likeness (QED) is 0.201. The van der Waals surface area contributed by atoms with Crippen LogP contribution in [0.4, 0.5) is 0 Å². The summed E-state index contributed by atoms with van der Waals surface area (Å²) in [6, 6.07) is 23.9. The molecule has 0 saturated carbocycles. The third kappa shape index (κ3) is 4.99. The average Bonchev–Trinajstić information content (AvgIpc) is 3.18. The van der Waals surface area contributed by atoms with Crippen LogP contribution in [0.5, 0.6) is 11.5 Å². The number of pyridine rings is 1. The van der Waals surface area contributed by atoms with Gasteiger partial charge in [-0.3, -0.25) is 14.6 Å². The van der Waals surface area contributed by atoms with Crippen LogP contribution in [-0.4, -0.2) is 31.8 Å². The van der Waals surface area contributed by atoms with Gasteiger partial charge in [0.25, 0.3) is 11.7 Å². The molecule has 1 fully saturated rings. The summed E-state index contributed by atoms with van der Waals surface area (Å²) in [6.45, 7) is 2.38. The van der Waals surface area contributed by atoms with Gasteiger partial charge in [0.15, 0.2) is 0 Å². The van der Waals surface area contributed by atoms with Crippen molar-refractivity contribution >= 4 is 17.4 Å². The van der Waals surface area contributed by atoms with Crippen LogP contribution in [0.15, 0.2) is 103 Å². The summed E-state index contributed by atoms with van der Waals surface area (Å²) < 4.78 is 5.95. The van der Waals surface area contributed by atoms with Gasteiger partial charge in [-0.1, -0.05) is 42.5 Å². The number of hydrogen-bond donors (Lipinski definition) is 2. The number of hydrogen-bond acceptors (Lipinski definition) is 6. The molecule has 1 unspecified atom stereocenters. The van der Waals surface area contributed by atoms with Crippen LogP contribution in [0.1, 0.15) is 33.9 Å². The first-order chi connectivity index (χ1) is 18.4. The zero-order valence-electron chi connectivity index (χ0n) is 20.7. The highest BCUT2D eigenvalue weighted by atomic mass is 16.5. The number of phenolic OH excluding ortho intramolecular Hbond substituents is 1. The Kier molecular flexibility index (Phi) is 6.91. The first-order valence-electron chi connectivity index (χ1n) is 12.2. The van der Waals surface area contributed by atoms with Crippen LogP contribution in [0.2, 0.25) is 0 Å². The number of aryl methyl sites for hydroxylation is 1. The minimum absolute atomic E-state index is 0.00670. The molecule has 7 nitrogen and oxygen atoms in total. The van der Waals surface area contributed by atoms with Gasteiger partial charge in [-0.2, -0.15) is 0 Å². The topological polar surface area (TPSA) is 100.0 Å². The molecule has 0 radical (unpaired) electrons. The number of aromatic hydroxyl groups is 1. The third-order valence-corrected chi connectivity index (χ3v) is 6.51. The maximum absolute atomic E-state index is 13.3. The van der Waals surface area contributed by atoms with Crippen LogP contribution in [0.3, 0.4) is 0 Å². The Morgan fingerprint density at radius 3 is 2.39 bits per heavy atom. The van der Waals surface area contributed by atoms with Crippen LogP contribution < -0.4 is 4.74 Å². The molecule has 1 aliphatic rings. The highest BCUT2D eigenvalue weighted by molar-refractivity contribution is 6.46. The number of nitrogens with zero attached hydrogens (tertiary/aromatic N) is 2. The molecular weight excluding hydrogens is 480 g/mol. The Hall–Kier alpha value is -4.91. The maximum atomic E-state index is 13.3. The van der Waals surface area contributed by atoms with E-state index in [-0.39, 0.29) is 23.6 Å². The molecule has 0 aliphatic carbocycles. The third-order valence-electron chi connectivity index (χ3n) is 6.51. The molecule has 1 amide bonds. The van der Waals surface area contributed by atoms with Gasteiger partial charge in [0.2, 0.25) is 0 Å². The first kappa shape index (κ1) is 24.8. The molecular formula is C31H26N2O5. The maximum Gasteiger partial charge on any atom is 0.295 e. The largest absolute Gasteiger partial charge is 0.508 e. The van der Waals surface area contributed by atoms with Crippen molar-refractivity contribution in [1.82, 2.24) is 9.88 Å². The lowest BCUT2D eigenvalue weighted by atomic mass is 9.94. The fraction of sp³-hybridized carbons (Fsp3) is 0.129. The Bertz CT molecular complexity index is 1520. The molecule has 0 spiro atoms. The van der Waals surface area contributed by atoms with Crippen LogP contribution in [-0.2, 0) is 22.7 Å². The van der Waals surface area contributed by atoms with E-state index in [4.69, 9.17) is 4.74 Å². The lowest BCUT2D eigenvalue weighted by molar-refractivity contribution is -0.140. The zero-order valence-corrected chi connectivity index (χ0v) is 20.7. The monoisotopic (exact) mass is 506 g/mol. The van der Waals surface area contributed by atoms with E-state index in [0.29, 0.717) is 23.5 Å². The second-order valence-corrected chi connectivity index (χ2v) is 9.13.